The lowest BCUT2D eigenvalue weighted by Crippen LogP contribution is -2.40. The van der Waals surface area contributed by atoms with E-state index in [1.165, 1.54) is 4.90 Å². The Bertz CT molecular complexity index is 209. The number of rotatable bonds is 4. The molecule has 82 valence electrons. The summed E-state index contributed by atoms with van der Waals surface area (Å²) in [6.07, 6.45) is 1.22. The molecule has 3 nitrogen and oxygen atoms in total. The molecule has 1 amide bonds. The second-order valence-electron chi connectivity index (χ2n) is 3.02. The highest BCUT2D eigenvalue weighted by atomic mass is 32.1. The van der Waals surface area contributed by atoms with Crippen LogP contribution in [-0.2, 0) is 4.74 Å². The molecule has 0 aliphatic rings. The smallest absolute Gasteiger partial charge is 0.415 e. The molecule has 0 spiro atoms. The topological polar surface area (TPSA) is 29.5 Å². The molecule has 0 aromatic rings. The number of hydrogen-bond acceptors (Lipinski definition) is 3. The zero-order valence-corrected chi connectivity index (χ0v) is 10.5. The molecule has 0 saturated carbocycles. The van der Waals surface area contributed by atoms with Gasteiger partial charge in [-0.05, 0) is 19.8 Å². The molecule has 0 N–H and O–H groups in total. The minimum atomic E-state index is -0.402. The van der Waals surface area contributed by atoms with E-state index < -0.39 is 6.09 Å². The molecular formula is C9H17NO2S2. The zero-order chi connectivity index (χ0) is 11.1. The molecule has 0 aromatic heterocycles. The molecule has 0 rings (SSSR count). The Morgan fingerprint density at radius 3 is 2.50 bits per heavy atom. The Balaban J connectivity index is 4.34. The van der Waals surface area contributed by atoms with E-state index in [2.05, 4.69) is 12.6 Å². The largest absolute Gasteiger partial charge is 0.449 e. The van der Waals surface area contributed by atoms with Crippen molar-refractivity contribution in [2.75, 3.05) is 6.61 Å². The van der Waals surface area contributed by atoms with Gasteiger partial charge in [0.15, 0.2) is 0 Å². The lowest BCUT2D eigenvalue weighted by Gasteiger charge is -2.25. The average Bonchev–Trinajstić information content (AvgIpc) is 2.14. The first-order valence-electron chi connectivity index (χ1n) is 4.73. The van der Waals surface area contributed by atoms with Crippen LogP contribution >= 0.6 is 24.8 Å². The van der Waals surface area contributed by atoms with Gasteiger partial charge in [-0.25, -0.2) is 4.79 Å². The van der Waals surface area contributed by atoms with Crippen molar-refractivity contribution in [1.82, 2.24) is 4.90 Å². The highest BCUT2D eigenvalue weighted by molar-refractivity contribution is 8.11. The zero-order valence-electron chi connectivity index (χ0n) is 8.82. The monoisotopic (exact) mass is 235 g/mol. The van der Waals surface area contributed by atoms with Crippen LogP contribution in [0, 0.1) is 0 Å². The predicted molar refractivity (Wildman–Crippen MR) is 64.8 cm³/mol. The van der Waals surface area contributed by atoms with Crippen LogP contribution in [0.25, 0.3) is 0 Å². The van der Waals surface area contributed by atoms with Gasteiger partial charge in [0, 0.05) is 6.04 Å². The van der Waals surface area contributed by atoms with Gasteiger partial charge < -0.3 is 4.74 Å². The minimum Gasteiger partial charge on any atom is -0.449 e. The molecule has 0 saturated heterocycles. The van der Waals surface area contributed by atoms with Crippen molar-refractivity contribution in [2.45, 2.75) is 39.7 Å². The molecule has 0 aliphatic heterocycles. The fraction of sp³-hybridized carbons (Fsp3) is 0.778. The van der Waals surface area contributed by atoms with Crippen LogP contribution in [0.4, 0.5) is 4.79 Å². The van der Waals surface area contributed by atoms with Crippen molar-refractivity contribution in [1.29, 1.82) is 0 Å². The maximum atomic E-state index is 11.5. The van der Waals surface area contributed by atoms with Crippen molar-refractivity contribution in [3.63, 3.8) is 0 Å². The van der Waals surface area contributed by atoms with Crippen LogP contribution in [0.1, 0.15) is 33.6 Å². The fourth-order valence-electron chi connectivity index (χ4n) is 0.888. The summed E-state index contributed by atoms with van der Waals surface area (Å²) in [5.74, 6) is 0. The van der Waals surface area contributed by atoms with Gasteiger partial charge in [0.2, 0.25) is 0 Å². The third-order valence-corrected chi connectivity index (χ3v) is 2.28. The number of ether oxygens (including phenoxy) is 1. The van der Waals surface area contributed by atoms with Gasteiger partial charge in [0.25, 0.3) is 0 Å². The van der Waals surface area contributed by atoms with Crippen molar-refractivity contribution >= 4 is 35.3 Å². The summed E-state index contributed by atoms with van der Waals surface area (Å²) in [5, 5.41) is 0. The minimum absolute atomic E-state index is 0.0318. The third kappa shape index (κ3) is 4.28. The quantitative estimate of drug-likeness (QED) is 0.600. The lowest BCUT2D eigenvalue weighted by atomic mass is 10.2. The summed E-state index contributed by atoms with van der Waals surface area (Å²) in [5.41, 5.74) is 0. The molecule has 0 radical (unpaired) electrons. The van der Waals surface area contributed by atoms with Gasteiger partial charge in [0.1, 0.15) is 4.32 Å². The fourth-order valence-corrected chi connectivity index (χ4v) is 1.42. The molecule has 5 heteroatoms. The molecule has 0 bridgehead atoms. The molecule has 0 aromatic carbocycles. The number of carbonyl (C=O) groups excluding carboxylic acids is 1. The van der Waals surface area contributed by atoms with E-state index >= 15 is 0 Å². The summed E-state index contributed by atoms with van der Waals surface area (Å²) in [6, 6.07) is 0.0318. The Morgan fingerprint density at radius 1 is 1.57 bits per heavy atom. The molecule has 0 aliphatic carbocycles. The number of nitrogens with zero attached hydrogens (tertiary/aromatic N) is 1. The van der Waals surface area contributed by atoms with Gasteiger partial charge in [-0.15, -0.1) is 12.6 Å². The van der Waals surface area contributed by atoms with Crippen molar-refractivity contribution in [2.24, 2.45) is 0 Å². The Kier molecular flexibility index (Phi) is 6.92. The van der Waals surface area contributed by atoms with Crippen LogP contribution in [-0.4, -0.2) is 28.0 Å². The number of amides is 1. The van der Waals surface area contributed by atoms with E-state index in [1.807, 2.05) is 20.8 Å². The number of thiol groups is 1. The summed E-state index contributed by atoms with van der Waals surface area (Å²) >= 11 is 8.88. The van der Waals surface area contributed by atoms with E-state index in [4.69, 9.17) is 17.0 Å². The van der Waals surface area contributed by atoms with Gasteiger partial charge >= 0.3 is 6.09 Å². The van der Waals surface area contributed by atoms with E-state index in [1.54, 1.807) is 0 Å². The van der Waals surface area contributed by atoms with Crippen molar-refractivity contribution in [3.05, 3.63) is 0 Å². The summed E-state index contributed by atoms with van der Waals surface area (Å²) in [7, 11) is 0. The van der Waals surface area contributed by atoms with Crippen molar-refractivity contribution < 1.29 is 9.53 Å². The van der Waals surface area contributed by atoms with Crippen LogP contribution in [0.5, 0.6) is 0 Å². The maximum Gasteiger partial charge on any atom is 0.415 e. The average molecular weight is 235 g/mol. The van der Waals surface area contributed by atoms with Gasteiger partial charge in [-0.2, -0.15) is 0 Å². The molecule has 1 atom stereocenters. The molecule has 14 heavy (non-hydrogen) atoms. The van der Waals surface area contributed by atoms with Crippen LogP contribution in [0.3, 0.4) is 0 Å². The molecule has 0 fully saturated rings. The highest BCUT2D eigenvalue weighted by Gasteiger charge is 2.22. The maximum absolute atomic E-state index is 11.5. The lowest BCUT2D eigenvalue weighted by molar-refractivity contribution is 0.115. The Hall–Kier alpha value is -0.290. The second-order valence-corrected chi connectivity index (χ2v) is 4.14. The summed E-state index contributed by atoms with van der Waals surface area (Å²) < 4.78 is 5.25. The van der Waals surface area contributed by atoms with Crippen LogP contribution in [0.2, 0.25) is 0 Å². The third-order valence-electron chi connectivity index (χ3n) is 1.86. The van der Waals surface area contributed by atoms with E-state index in [9.17, 15) is 4.79 Å². The first kappa shape index (κ1) is 13.7. The first-order chi connectivity index (χ1) is 6.54. The van der Waals surface area contributed by atoms with Gasteiger partial charge in [-0.3, -0.25) is 4.90 Å². The second kappa shape index (κ2) is 7.06. The normalized spacial score (nSPS) is 12.0. The molecule has 1 unspecified atom stereocenters. The summed E-state index contributed by atoms with van der Waals surface area (Å²) in [6.45, 7) is 6.26. The van der Waals surface area contributed by atoms with Gasteiger partial charge in [0.05, 0.1) is 6.61 Å². The summed E-state index contributed by atoms with van der Waals surface area (Å²) in [4.78, 5) is 12.9. The van der Waals surface area contributed by atoms with E-state index in [0.717, 1.165) is 12.8 Å². The van der Waals surface area contributed by atoms with Gasteiger partial charge in [-0.1, -0.05) is 26.1 Å². The van der Waals surface area contributed by atoms with Crippen LogP contribution < -0.4 is 0 Å². The molecule has 0 heterocycles. The first-order valence-corrected chi connectivity index (χ1v) is 5.59. The van der Waals surface area contributed by atoms with Crippen LogP contribution in [0.15, 0.2) is 0 Å². The van der Waals surface area contributed by atoms with E-state index in [0.29, 0.717) is 6.61 Å². The van der Waals surface area contributed by atoms with Crippen molar-refractivity contribution in [3.8, 4) is 0 Å². The Morgan fingerprint density at radius 2 is 2.14 bits per heavy atom. The van der Waals surface area contributed by atoms with E-state index in [-0.39, 0.29) is 10.4 Å². The number of hydrogen-bond donors (Lipinski definition) is 1. The number of thiocarbonyl (C=S) groups is 1. The predicted octanol–water partition coefficient (Wildman–Crippen LogP) is 2.85. The number of carbonyl (C=O) groups is 1. The SMILES string of the molecule is CCCOC(=O)N(C(=S)S)C(C)CC. The standard InChI is InChI=1S/C9H17NO2S2/c1-4-6-12-8(11)10(9(13)14)7(3)5-2/h7H,4-6H2,1-3H3,(H,13,14). The highest BCUT2D eigenvalue weighted by Crippen LogP contribution is 2.09. The molecular weight excluding hydrogens is 218 g/mol. The Labute approximate surface area is 96.2 Å².